The molecule has 1 saturated carbocycles. The summed E-state index contributed by atoms with van der Waals surface area (Å²) in [5.41, 5.74) is 8.01. The molecule has 1 aromatic carbocycles. The quantitative estimate of drug-likeness (QED) is 0.363. The van der Waals surface area contributed by atoms with Crippen LogP contribution in [-0.2, 0) is 18.6 Å². The molecular weight excluding hydrogens is 435 g/mol. The van der Waals surface area contributed by atoms with Crippen molar-refractivity contribution in [2.45, 2.75) is 19.4 Å². The van der Waals surface area contributed by atoms with Gasteiger partial charge in [-0.15, -0.1) is 0 Å². The van der Waals surface area contributed by atoms with Gasteiger partial charge in [-0.2, -0.15) is 5.09 Å². The number of nitrogens with zero attached hydrogens (tertiary/aromatic N) is 4. The second kappa shape index (κ2) is 9.07. The van der Waals surface area contributed by atoms with Gasteiger partial charge in [0, 0.05) is 12.1 Å². The highest BCUT2D eigenvalue weighted by Crippen LogP contribution is 2.48. The molecule has 0 spiro atoms. The first-order valence-corrected chi connectivity index (χ1v) is 11.4. The van der Waals surface area contributed by atoms with Crippen LogP contribution < -0.4 is 15.3 Å². The Bertz CT molecular complexity index is 1200. The number of nitrogen functional groups attached to an aromatic ring is 1. The Morgan fingerprint density at radius 2 is 2.12 bits per heavy atom. The Kier molecular flexibility index (Phi) is 6.22. The van der Waals surface area contributed by atoms with Crippen LogP contribution in [0.3, 0.4) is 0 Å². The fraction of sp³-hybridized carbons (Fsp3) is 0.300. The molecule has 3 N–H and O–H groups in total. The Morgan fingerprint density at radius 1 is 1.34 bits per heavy atom. The van der Waals surface area contributed by atoms with Crippen LogP contribution in [0.25, 0.3) is 17.4 Å². The molecule has 2 heterocycles. The van der Waals surface area contributed by atoms with E-state index in [2.05, 4.69) is 20.0 Å². The molecule has 0 aliphatic heterocycles. The number of hydrogen-bond donors (Lipinski definition) is 2. The predicted molar refractivity (Wildman–Crippen MR) is 117 cm³/mol. The molecule has 3 aromatic rings. The topological polar surface area (TPSA) is 143 Å². The number of rotatable bonds is 9. The number of carbonyl (C=O) groups excluding carboxylic acids is 1. The summed E-state index contributed by atoms with van der Waals surface area (Å²) in [6.07, 6.45) is 5.64. The molecule has 0 saturated heterocycles. The van der Waals surface area contributed by atoms with Gasteiger partial charge >= 0.3 is 13.7 Å². The normalized spacial score (nSPS) is 19.4. The molecule has 32 heavy (non-hydrogen) atoms. The van der Waals surface area contributed by atoms with Crippen molar-refractivity contribution in [2.24, 2.45) is 5.92 Å². The Balaban J connectivity index is 1.45. The summed E-state index contributed by atoms with van der Waals surface area (Å²) in [6.45, 7) is 1.66. The Labute approximate surface area is 184 Å². The number of methoxy groups -OCH3 is 1. The van der Waals surface area contributed by atoms with Gasteiger partial charge < -0.3 is 15.0 Å². The molecule has 11 nitrogen and oxygen atoms in total. The van der Waals surface area contributed by atoms with Crippen LogP contribution in [0.2, 0.25) is 0 Å². The Hall–Kier alpha value is -3.27. The molecule has 0 radical (unpaired) electrons. The van der Waals surface area contributed by atoms with Crippen molar-refractivity contribution in [3.05, 3.63) is 48.6 Å². The standard InChI is InChI=1S/C20H23N6O5P/c1-13(20(27)29-2)25-32(28,31-16-6-4-3-5-7-16)30-10-15-8-14(15)9-26-12-24-17-18(21)22-11-23-19(17)26/h3-7,9,11-13,15H,8,10H2,1-2H3,(H,25,28)(H2,21,22,23)/b14-9+. The van der Waals surface area contributed by atoms with E-state index in [1.807, 2.05) is 12.3 Å². The second-order valence-electron chi connectivity index (χ2n) is 7.26. The SMILES string of the molecule is COC(=O)C(C)NP(=O)(OCC1C/C1=C\n1cnc2c(N)ncnc21)Oc1ccccc1. The zero-order valence-corrected chi connectivity index (χ0v) is 18.4. The van der Waals surface area contributed by atoms with Gasteiger partial charge in [0.15, 0.2) is 17.0 Å². The summed E-state index contributed by atoms with van der Waals surface area (Å²) >= 11 is 0. The zero-order chi connectivity index (χ0) is 22.7. The highest BCUT2D eigenvalue weighted by Gasteiger charge is 2.37. The molecule has 168 valence electrons. The van der Waals surface area contributed by atoms with Gasteiger partial charge in [0.2, 0.25) is 0 Å². The maximum atomic E-state index is 13.4. The molecule has 3 unspecified atom stereocenters. The van der Waals surface area contributed by atoms with Crippen molar-refractivity contribution < 1.29 is 23.1 Å². The monoisotopic (exact) mass is 458 g/mol. The van der Waals surface area contributed by atoms with E-state index in [0.29, 0.717) is 22.7 Å². The summed E-state index contributed by atoms with van der Waals surface area (Å²) in [4.78, 5) is 24.2. The van der Waals surface area contributed by atoms with Gasteiger partial charge in [-0.3, -0.25) is 13.9 Å². The minimum Gasteiger partial charge on any atom is -0.468 e. The number of para-hydroxylation sites is 1. The van der Waals surface area contributed by atoms with Crippen molar-refractivity contribution in [1.82, 2.24) is 24.6 Å². The first-order valence-electron chi connectivity index (χ1n) is 9.87. The highest BCUT2D eigenvalue weighted by atomic mass is 31.2. The number of fused-ring (bicyclic) bond motifs is 1. The lowest BCUT2D eigenvalue weighted by Gasteiger charge is -2.22. The van der Waals surface area contributed by atoms with Crippen LogP contribution in [0.5, 0.6) is 5.75 Å². The molecule has 2 aromatic heterocycles. The summed E-state index contributed by atoms with van der Waals surface area (Å²) in [5.74, 6) is 0.127. The molecule has 1 aliphatic carbocycles. The minimum absolute atomic E-state index is 0.0366. The maximum Gasteiger partial charge on any atom is 0.459 e. The third-order valence-electron chi connectivity index (χ3n) is 4.86. The van der Waals surface area contributed by atoms with Gasteiger partial charge in [0.1, 0.15) is 24.4 Å². The van der Waals surface area contributed by atoms with Crippen LogP contribution in [0.15, 0.2) is 48.6 Å². The molecule has 0 amide bonds. The molecule has 4 rings (SSSR count). The van der Waals surface area contributed by atoms with E-state index in [-0.39, 0.29) is 12.5 Å². The van der Waals surface area contributed by atoms with Gasteiger partial charge in [-0.05, 0) is 31.1 Å². The predicted octanol–water partition coefficient (Wildman–Crippen LogP) is 2.62. The second-order valence-corrected chi connectivity index (χ2v) is 8.95. The van der Waals surface area contributed by atoms with Crippen LogP contribution >= 0.6 is 7.75 Å². The maximum absolute atomic E-state index is 13.4. The number of nitrogens with one attached hydrogen (secondary N) is 1. The molecule has 0 bridgehead atoms. The zero-order valence-electron chi connectivity index (χ0n) is 17.5. The number of hydrogen-bond acceptors (Lipinski definition) is 9. The Morgan fingerprint density at radius 3 is 2.88 bits per heavy atom. The van der Waals surface area contributed by atoms with Crippen LogP contribution in [-0.4, -0.2) is 45.2 Å². The van der Waals surface area contributed by atoms with Crippen LogP contribution in [0, 0.1) is 5.92 Å². The largest absolute Gasteiger partial charge is 0.468 e. The average molecular weight is 458 g/mol. The average Bonchev–Trinajstić information content (AvgIpc) is 3.40. The number of imidazole rings is 1. The molecular formula is C20H23N6O5P. The van der Waals surface area contributed by atoms with Gasteiger partial charge in [0.25, 0.3) is 0 Å². The van der Waals surface area contributed by atoms with E-state index in [4.69, 9.17) is 19.5 Å². The molecule has 1 aliphatic rings. The van der Waals surface area contributed by atoms with E-state index >= 15 is 0 Å². The van der Waals surface area contributed by atoms with E-state index < -0.39 is 19.8 Å². The third-order valence-corrected chi connectivity index (χ3v) is 6.50. The number of nitrogens with two attached hydrogens (primary N) is 1. The molecule has 12 heteroatoms. The highest BCUT2D eigenvalue weighted by molar-refractivity contribution is 7.52. The summed E-state index contributed by atoms with van der Waals surface area (Å²) < 4.78 is 31.1. The summed E-state index contributed by atoms with van der Waals surface area (Å²) in [7, 11) is -2.60. The number of ether oxygens (including phenoxy) is 1. The van der Waals surface area contributed by atoms with Gasteiger partial charge in [-0.25, -0.2) is 19.5 Å². The van der Waals surface area contributed by atoms with E-state index in [0.717, 1.165) is 12.0 Å². The third kappa shape index (κ3) is 4.96. The minimum atomic E-state index is -3.86. The van der Waals surface area contributed by atoms with Crippen molar-refractivity contribution in [3.63, 3.8) is 0 Å². The number of benzene rings is 1. The lowest BCUT2D eigenvalue weighted by atomic mass is 10.3. The lowest BCUT2D eigenvalue weighted by Crippen LogP contribution is -2.34. The number of anilines is 1. The molecule has 3 atom stereocenters. The number of esters is 1. The fourth-order valence-corrected chi connectivity index (χ4v) is 4.59. The van der Waals surface area contributed by atoms with Crippen LogP contribution in [0.1, 0.15) is 13.3 Å². The smallest absolute Gasteiger partial charge is 0.459 e. The first kappa shape index (κ1) is 21.9. The number of carbonyl (C=O) groups is 1. The van der Waals surface area contributed by atoms with Crippen molar-refractivity contribution in [2.75, 3.05) is 19.5 Å². The summed E-state index contributed by atoms with van der Waals surface area (Å²) in [5, 5.41) is 2.64. The summed E-state index contributed by atoms with van der Waals surface area (Å²) in [6, 6.07) is 7.73. The van der Waals surface area contributed by atoms with Crippen molar-refractivity contribution in [3.8, 4) is 5.75 Å². The fourth-order valence-electron chi connectivity index (χ4n) is 3.06. The van der Waals surface area contributed by atoms with Crippen molar-refractivity contribution in [1.29, 1.82) is 0 Å². The van der Waals surface area contributed by atoms with Crippen LogP contribution in [0.4, 0.5) is 5.82 Å². The van der Waals surface area contributed by atoms with E-state index in [1.165, 1.54) is 20.4 Å². The molecule has 1 fully saturated rings. The van der Waals surface area contributed by atoms with E-state index in [9.17, 15) is 9.36 Å². The lowest BCUT2D eigenvalue weighted by molar-refractivity contribution is -0.142. The number of aromatic nitrogens is 4. The van der Waals surface area contributed by atoms with Crippen molar-refractivity contribution >= 4 is 36.9 Å². The van der Waals surface area contributed by atoms with E-state index in [1.54, 1.807) is 35.2 Å². The first-order chi connectivity index (χ1) is 15.4. The van der Waals surface area contributed by atoms with Gasteiger partial charge in [0.05, 0.1) is 13.7 Å². The van der Waals surface area contributed by atoms with Gasteiger partial charge in [-0.1, -0.05) is 18.2 Å².